The lowest BCUT2D eigenvalue weighted by molar-refractivity contribution is 0.0646. The summed E-state index contributed by atoms with van der Waals surface area (Å²) in [5.41, 5.74) is 1.23. The lowest BCUT2D eigenvalue weighted by Crippen LogP contribution is -2.40. The van der Waals surface area contributed by atoms with Gasteiger partial charge in [0, 0.05) is 33.3 Å². The van der Waals surface area contributed by atoms with Gasteiger partial charge >= 0.3 is 0 Å². The minimum absolute atomic E-state index is 0.141. The van der Waals surface area contributed by atoms with E-state index >= 15 is 0 Å². The van der Waals surface area contributed by atoms with Crippen molar-refractivity contribution >= 4 is 5.96 Å². The highest BCUT2D eigenvalue weighted by molar-refractivity contribution is 5.79. The summed E-state index contributed by atoms with van der Waals surface area (Å²) >= 11 is 0. The van der Waals surface area contributed by atoms with Gasteiger partial charge in [0.15, 0.2) is 5.96 Å². The summed E-state index contributed by atoms with van der Waals surface area (Å²) < 4.78 is 5.91. The minimum Gasteiger partial charge on any atom is -0.374 e. The maximum atomic E-state index is 5.91. The monoisotopic (exact) mass is 360 g/mol. The van der Waals surface area contributed by atoms with Crippen molar-refractivity contribution in [2.45, 2.75) is 39.2 Å². The van der Waals surface area contributed by atoms with Crippen LogP contribution >= 0.6 is 0 Å². The quantitative estimate of drug-likeness (QED) is 0.382. The summed E-state index contributed by atoms with van der Waals surface area (Å²) in [6, 6.07) is 10.4. The lowest BCUT2D eigenvalue weighted by Gasteiger charge is -2.17. The summed E-state index contributed by atoms with van der Waals surface area (Å²) in [7, 11) is 1.83. The van der Waals surface area contributed by atoms with Crippen molar-refractivity contribution in [3.05, 3.63) is 35.9 Å². The maximum absolute atomic E-state index is 5.91. The van der Waals surface area contributed by atoms with Gasteiger partial charge in [-0.3, -0.25) is 4.99 Å². The molecule has 0 saturated carbocycles. The SMILES string of the molecule is CCCN1CCC(CNC(=NC)NCCCOC(C)c2ccccc2)C1. The molecule has 0 aromatic heterocycles. The lowest BCUT2D eigenvalue weighted by atomic mass is 10.1. The number of nitrogens with zero attached hydrogens (tertiary/aromatic N) is 2. The summed E-state index contributed by atoms with van der Waals surface area (Å²) in [5, 5.41) is 6.86. The number of benzene rings is 1. The third kappa shape index (κ3) is 7.34. The zero-order valence-corrected chi connectivity index (χ0v) is 16.7. The van der Waals surface area contributed by atoms with Gasteiger partial charge in [-0.25, -0.2) is 0 Å². The Morgan fingerprint density at radius 2 is 2.12 bits per heavy atom. The number of hydrogen-bond acceptors (Lipinski definition) is 3. The Labute approximate surface area is 159 Å². The molecule has 1 heterocycles. The van der Waals surface area contributed by atoms with Crippen LogP contribution in [0.3, 0.4) is 0 Å². The molecule has 1 aromatic carbocycles. The van der Waals surface area contributed by atoms with E-state index in [0.717, 1.165) is 38.0 Å². The van der Waals surface area contributed by atoms with Gasteiger partial charge in [-0.05, 0) is 50.8 Å². The second-order valence-corrected chi connectivity index (χ2v) is 7.11. The van der Waals surface area contributed by atoms with Gasteiger partial charge < -0.3 is 20.3 Å². The van der Waals surface area contributed by atoms with Crippen molar-refractivity contribution in [3.8, 4) is 0 Å². The molecule has 2 atom stereocenters. The van der Waals surface area contributed by atoms with Gasteiger partial charge in [-0.1, -0.05) is 37.3 Å². The Morgan fingerprint density at radius 3 is 2.85 bits per heavy atom. The van der Waals surface area contributed by atoms with Crippen LogP contribution < -0.4 is 10.6 Å². The van der Waals surface area contributed by atoms with Crippen molar-refractivity contribution in [2.24, 2.45) is 10.9 Å². The van der Waals surface area contributed by atoms with Gasteiger partial charge in [-0.15, -0.1) is 0 Å². The Hall–Kier alpha value is -1.59. The molecule has 0 radical (unpaired) electrons. The summed E-state index contributed by atoms with van der Waals surface area (Å²) in [4.78, 5) is 6.89. The highest BCUT2D eigenvalue weighted by atomic mass is 16.5. The number of guanidine groups is 1. The Kier molecular flexibility index (Phi) is 9.50. The van der Waals surface area contributed by atoms with Gasteiger partial charge in [0.1, 0.15) is 0 Å². The molecule has 2 unspecified atom stereocenters. The van der Waals surface area contributed by atoms with E-state index in [1.54, 1.807) is 0 Å². The Balaban J connectivity index is 1.55. The van der Waals surface area contributed by atoms with Gasteiger partial charge in [0.25, 0.3) is 0 Å². The molecular weight excluding hydrogens is 324 g/mol. The number of hydrogen-bond donors (Lipinski definition) is 2. The second-order valence-electron chi connectivity index (χ2n) is 7.11. The second kappa shape index (κ2) is 11.9. The number of rotatable bonds is 10. The molecule has 1 aliphatic rings. The van der Waals surface area contributed by atoms with Crippen molar-refractivity contribution in [1.29, 1.82) is 0 Å². The first-order chi connectivity index (χ1) is 12.7. The number of ether oxygens (including phenoxy) is 1. The van der Waals surface area contributed by atoms with E-state index in [0.29, 0.717) is 0 Å². The molecule has 0 amide bonds. The molecule has 0 spiro atoms. The smallest absolute Gasteiger partial charge is 0.190 e. The van der Waals surface area contributed by atoms with Crippen LogP contribution in [0, 0.1) is 5.92 Å². The first kappa shape index (κ1) is 20.7. The zero-order valence-electron chi connectivity index (χ0n) is 16.7. The normalized spacial score (nSPS) is 19.5. The fourth-order valence-electron chi connectivity index (χ4n) is 3.42. The van der Waals surface area contributed by atoms with Crippen molar-refractivity contribution in [3.63, 3.8) is 0 Å². The third-order valence-electron chi connectivity index (χ3n) is 4.94. The van der Waals surface area contributed by atoms with Crippen LogP contribution in [0.1, 0.15) is 44.8 Å². The average Bonchev–Trinajstić information content (AvgIpc) is 3.12. The highest BCUT2D eigenvalue weighted by Gasteiger charge is 2.21. The topological polar surface area (TPSA) is 48.9 Å². The van der Waals surface area contributed by atoms with E-state index < -0.39 is 0 Å². The Bertz CT molecular complexity index is 520. The van der Waals surface area contributed by atoms with Crippen molar-refractivity contribution in [2.75, 3.05) is 46.4 Å². The van der Waals surface area contributed by atoms with E-state index in [9.17, 15) is 0 Å². The van der Waals surface area contributed by atoms with Crippen LogP contribution in [-0.2, 0) is 4.74 Å². The molecule has 1 fully saturated rings. The molecule has 5 heteroatoms. The van der Waals surface area contributed by atoms with Crippen LogP contribution in [0.25, 0.3) is 0 Å². The molecule has 0 bridgehead atoms. The standard InChI is InChI=1S/C21H36N4O/c1-4-13-25-14-11-19(17-25)16-24-21(22-3)23-12-8-15-26-18(2)20-9-6-5-7-10-20/h5-7,9-10,18-19H,4,8,11-17H2,1-3H3,(H2,22,23,24). The molecule has 2 N–H and O–H groups in total. The molecule has 1 aromatic rings. The van der Waals surface area contributed by atoms with Crippen LogP contribution in [-0.4, -0.2) is 57.2 Å². The molecule has 5 nitrogen and oxygen atoms in total. The molecule has 1 aliphatic heterocycles. The first-order valence-corrected chi connectivity index (χ1v) is 10.1. The molecule has 2 rings (SSSR count). The number of nitrogens with one attached hydrogen (secondary N) is 2. The Morgan fingerprint density at radius 1 is 1.31 bits per heavy atom. The van der Waals surface area contributed by atoms with E-state index in [2.05, 4.69) is 58.6 Å². The van der Waals surface area contributed by atoms with E-state index in [1.807, 2.05) is 13.1 Å². The largest absolute Gasteiger partial charge is 0.374 e. The van der Waals surface area contributed by atoms with Gasteiger partial charge in [0.05, 0.1) is 6.10 Å². The molecule has 146 valence electrons. The predicted molar refractivity (Wildman–Crippen MR) is 110 cm³/mol. The maximum Gasteiger partial charge on any atom is 0.190 e. The van der Waals surface area contributed by atoms with Gasteiger partial charge in [-0.2, -0.15) is 0 Å². The summed E-state index contributed by atoms with van der Waals surface area (Å²) in [6.07, 6.45) is 3.64. The number of likely N-dealkylation sites (tertiary alicyclic amines) is 1. The first-order valence-electron chi connectivity index (χ1n) is 10.1. The fraction of sp³-hybridized carbons (Fsp3) is 0.667. The summed E-state index contributed by atoms with van der Waals surface area (Å²) in [5.74, 6) is 1.63. The molecular formula is C21H36N4O. The van der Waals surface area contributed by atoms with E-state index in [1.165, 1.54) is 38.0 Å². The third-order valence-corrected chi connectivity index (χ3v) is 4.94. The van der Waals surface area contributed by atoms with Crippen LogP contribution in [0.4, 0.5) is 0 Å². The van der Waals surface area contributed by atoms with E-state index in [-0.39, 0.29) is 6.10 Å². The van der Waals surface area contributed by atoms with Crippen LogP contribution in [0.5, 0.6) is 0 Å². The van der Waals surface area contributed by atoms with Crippen LogP contribution in [0.2, 0.25) is 0 Å². The molecule has 0 aliphatic carbocycles. The van der Waals surface area contributed by atoms with E-state index in [4.69, 9.17) is 4.74 Å². The van der Waals surface area contributed by atoms with Crippen molar-refractivity contribution < 1.29 is 4.74 Å². The molecule has 26 heavy (non-hydrogen) atoms. The fourth-order valence-corrected chi connectivity index (χ4v) is 3.42. The zero-order chi connectivity index (χ0) is 18.6. The average molecular weight is 361 g/mol. The number of aliphatic imine (C=N–C) groups is 1. The van der Waals surface area contributed by atoms with Crippen molar-refractivity contribution in [1.82, 2.24) is 15.5 Å². The molecule has 1 saturated heterocycles. The minimum atomic E-state index is 0.141. The highest BCUT2D eigenvalue weighted by Crippen LogP contribution is 2.16. The van der Waals surface area contributed by atoms with Gasteiger partial charge in [0.2, 0.25) is 0 Å². The van der Waals surface area contributed by atoms with Crippen LogP contribution in [0.15, 0.2) is 35.3 Å². The predicted octanol–water partition coefficient (Wildman–Crippen LogP) is 3.05. The summed E-state index contributed by atoms with van der Waals surface area (Å²) in [6.45, 7) is 10.6.